The first-order valence-electron chi connectivity index (χ1n) is 11.3. The molecule has 202 valence electrons. The van der Waals surface area contributed by atoms with Crippen LogP contribution in [0.25, 0.3) is 10.9 Å². The van der Waals surface area contributed by atoms with Crippen molar-refractivity contribution >= 4 is 34.8 Å². The Morgan fingerprint density at radius 2 is 1.47 bits per heavy atom. The van der Waals surface area contributed by atoms with Crippen molar-refractivity contribution in [1.29, 1.82) is 0 Å². The molecule has 0 aliphatic rings. The number of hydrogen-bond acceptors (Lipinski definition) is 7. The lowest BCUT2D eigenvalue weighted by Gasteiger charge is -2.07. The van der Waals surface area contributed by atoms with Gasteiger partial charge in [-0.2, -0.15) is 0 Å². The van der Waals surface area contributed by atoms with Gasteiger partial charge in [-0.3, -0.25) is 19.4 Å². The number of carboxylic acids is 3. The molecule has 1 aromatic carbocycles. The van der Waals surface area contributed by atoms with Crippen LogP contribution in [0.15, 0.2) is 35.5 Å². The van der Waals surface area contributed by atoms with Crippen molar-refractivity contribution in [1.82, 2.24) is 4.98 Å². The first kappa shape index (κ1) is 32.3. The molecular weight excluding hydrogens is 470 g/mol. The molecule has 0 saturated heterocycles. The molecule has 2 aromatic rings. The Labute approximate surface area is 209 Å². The van der Waals surface area contributed by atoms with Crippen molar-refractivity contribution in [2.45, 2.75) is 57.7 Å². The second-order valence-corrected chi connectivity index (χ2v) is 8.48. The summed E-state index contributed by atoms with van der Waals surface area (Å²) in [7, 11) is 0. The highest BCUT2D eigenvalue weighted by atomic mass is 16.4. The lowest BCUT2D eigenvalue weighted by atomic mass is 10.1. The van der Waals surface area contributed by atoms with E-state index in [1.165, 1.54) is 0 Å². The molecule has 2 rings (SSSR count). The Morgan fingerprint density at radius 3 is 1.94 bits per heavy atom. The molecule has 14 N–H and O–H groups in total. The Balaban J connectivity index is 0.000000531. The molecule has 0 fully saturated rings. The Morgan fingerprint density at radius 1 is 0.917 bits per heavy atom. The van der Waals surface area contributed by atoms with Crippen molar-refractivity contribution in [3.63, 3.8) is 0 Å². The number of fused-ring (bicyclic) bond motifs is 1. The normalized spacial score (nSPS) is 12.8. The van der Waals surface area contributed by atoms with Crippen LogP contribution in [-0.4, -0.2) is 68.8 Å². The molecule has 0 bridgehead atoms. The van der Waals surface area contributed by atoms with Crippen molar-refractivity contribution in [3.05, 3.63) is 36.0 Å². The molecular formula is C23H39N7O6. The number of benzene rings is 1. The molecule has 0 aliphatic heterocycles. The van der Waals surface area contributed by atoms with Crippen molar-refractivity contribution in [2.24, 2.45) is 39.6 Å². The van der Waals surface area contributed by atoms with Gasteiger partial charge in [-0.1, -0.05) is 32.0 Å². The van der Waals surface area contributed by atoms with Crippen molar-refractivity contribution in [3.8, 4) is 0 Å². The predicted octanol–water partition coefficient (Wildman–Crippen LogP) is 0.0186. The smallest absolute Gasteiger partial charge is 0.320 e. The summed E-state index contributed by atoms with van der Waals surface area (Å²) in [5, 5.41) is 26.4. The van der Waals surface area contributed by atoms with Gasteiger partial charge in [0.1, 0.15) is 18.1 Å². The van der Waals surface area contributed by atoms with Crippen LogP contribution in [0.2, 0.25) is 0 Å². The van der Waals surface area contributed by atoms with Crippen LogP contribution in [0.5, 0.6) is 0 Å². The minimum atomic E-state index is -1.00. The van der Waals surface area contributed by atoms with E-state index in [-0.39, 0.29) is 5.96 Å². The summed E-state index contributed by atoms with van der Waals surface area (Å²) in [6, 6.07) is 5.40. The number of nitrogens with one attached hydrogen (secondary N) is 1. The number of nitrogens with two attached hydrogens (primary N) is 5. The first-order valence-corrected chi connectivity index (χ1v) is 11.3. The Hall–Kier alpha value is -3.68. The van der Waals surface area contributed by atoms with Gasteiger partial charge in [0.2, 0.25) is 0 Å². The predicted molar refractivity (Wildman–Crippen MR) is 138 cm³/mol. The van der Waals surface area contributed by atoms with Crippen LogP contribution < -0.4 is 28.7 Å². The van der Waals surface area contributed by atoms with Crippen LogP contribution in [0, 0.1) is 5.92 Å². The van der Waals surface area contributed by atoms with Gasteiger partial charge in [-0.25, -0.2) is 0 Å². The van der Waals surface area contributed by atoms with E-state index in [4.69, 9.17) is 44.0 Å². The lowest BCUT2D eigenvalue weighted by Crippen LogP contribution is -2.32. The van der Waals surface area contributed by atoms with E-state index in [1.54, 1.807) is 0 Å². The highest BCUT2D eigenvalue weighted by molar-refractivity contribution is 5.84. The second-order valence-electron chi connectivity index (χ2n) is 8.48. The number of carboxylic acid groups (broad SMARTS) is 3. The summed E-state index contributed by atoms with van der Waals surface area (Å²) >= 11 is 0. The average molecular weight is 510 g/mol. The van der Waals surface area contributed by atoms with Crippen LogP contribution in [-0.2, 0) is 20.8 Å². The van der Waals surface area contributed by atoms with Crippen LogP contribution >= 0.6 is 0 Å². The highest BCUT2D eigenvalue weighted by Crippen LogP contribution is 2.18. The van der Waals surface area contributed by atoms with Gasteiger partial charge < -0.3 is 49.0 Å². The fourth-order valence-electron chi connectivity index (χ4n) is 2.88. The lowest BCUT2D eigenvalue weighted by molar-refractivity contribution is -0.139. The van der Waals surface area contributed by atoms with E-state index in [0.29, 0.717) is 38.1 Å². The van der Waals surface area contributed by atoms with Gasteiger partial charge >= 0.3 is 17.9 Å². The molecule has 0 saturated carbocycles. The van der Waals surface area contributed by atoms with E-state index >= 15 is 0 Å². The van der Waals surface area contributed by atoms with E-state index in [2.05, 4.69) is 9.98 Å². The maximum atomic E-state index is 10.6. The number of aromatic amines is 1. The number of hydrogen-bond donors (Lipinski definition) is 9. The first-order chi connectivity index (χ1) is 16.8. The number of rotatable bonds is 11. The fraction of sp³-hybridized carbons (Fsp3) is 0.478. The molecule has 0 unspecified atom stereocenters. The molecule has 1 aromatic heterocycles. The third-order valence-electron chi connectivity index (χ3n) is 4.76. The number of aliphatic imine (C=N–C) groups is 1. The molecule has 3 atom stereocenters. The quantitative estimate of drug-likeness (QED) is 0.111. The summed E-state index contributed by atoms with van der Waals surface area (Å²) in [5.41, 5.74) is 28.0. The molecule has 13 nitrogen and oxygen atoms in total. The summed E-state index contributed by atoms with van der Waals surface area (Å²) in [6.07, 6.45) is 3.67. The van der Waals surface area contributed by atoms with Gasteiger partial charge in [0.25, 0.3) is 0 Å². The van der Waals surface area contributed by atoms with Gasteiger partial charge in [0, 0.05) is 30.1 Å². The highest BCUT2D eigenvalue weighted by Gasteiger charge is 2.14. The fourth-order valence-corrected chi connectivity index (χ4v) is 2.88. The number of carbonyl (C=O) groups is 3. The molecule has 0 amide bonds. The summed E-state index contributed by atoms with van der Waals surface area (Å²) in [6.45, 7) is 4.31. The third-order valence-corrected chi connectivity index (χ3v) is 4.76. The SMILES string of the molecule is CC(C)C[C@H](N)C(=O)O.NC(N)=NCCC[C@H](N)C(=O)O.N[C@@H](Cc1c[nH]c2ccccc12)C(=O)O. The van der Waals surface area contributed by atoms with Gasteiger partial charge in [-0.05, 0) is 36.8 Å². The Kier molecular flexibility index (Phi) is 15.1. The molecule has 0 radical (unpaired) electrons. The summed E-state index contributed by atoms with van der Waals surface area (Å²) < 4.78 is 0. The molecule has 36 heavy (non-hydrogen) atoms. The van der Waals surface area contributed by atoms with Crippen molar-refractivity contribution in [2.75, 3.05) is 6.54 Å². The van der Waals surface area contributed by atoms with E-state index in [9.17, 15) is 14.4 Å². The minimum Gasteiger partial charge on any atom is -0.480 e. The minimum absolute atomic E-state index is 0.0129. The summed E-state index contributed by atoms with van der Waals surface area (Å²) in [5.74, 6) is -2.52. The molecule has 0 spiro atoms. The monoisotopic (exact) mass is 509 g/mol. The van der Waals surface area contributed by atoms with E-state index in [1.807, 2.05) is 44.3 Å². The number of aromatic nitrogens is 1. The zero-order chi connectivity index (χ0) is 27.8. The molecule has 0 aliphatic carbocycles. The van der Waals surface area contributed by atoms with Crippen LogP contribution in [0.4, 0.5) is 0 Å². The zero-order valence-corrected chi connectivity index (χ0v) is 20.6. The maximum absolute atomic E-state index is 10.6. The van der Waals surface area contributed by atoms with Crippen LogP contribution in [0.3, 0.4) is 0 Å². The van der Waals surface area contributed by atoms with E-state index in [0.717, 1.165) is 16.5 Å². The third kappa shape index (κ3) is 13.9. The second kappa shape index (κ2) is 16.9. The number of nitrogens with zero attached hydrogens (tertiary/aromatic N) is 1. The average Bonchev–Trinajstić information content (AvgIpc) is 3.19. The van der Waals surface area contributed by atoms with Gasteiger partial charge in [0.05, 0.1) is 0 Å². The zero-order valence-electron chi connectivity index (χ0n) is 20.6. The van der Waals surface area contributed by atoms with Gasteiger partial charge in [0.15, 0.2) is 5.96 Å². The Bertz CT molecular complexity index is 988. The topological polar surface area (TPSA) is 270 Å². The van der Waals surface area contributed by atoms with E-state index < -0.39 is 36.0 Å². The molecule has 13 heteroatoms. The number of guanidine groups is 1. The van der Waals surface area contributed by atoms with Gasteiger partial charge in [-0.15, -0.1) is 0 Å². The molecule has 1 heterocycles. The number of aliphatic carboxylic acids is 3. The number of para-hydroxylation sites is 1. The standard InChI is InChI=1S/C11H12N2O2.C6H14N4O2.C6H13NO2/c12-9(11(14)15)5-7-6-13-10-4-2-1-3-8(7)10;7-4(5(11)12)2-1-3-10-6(8)9;1-4(2)3-5(7)6(8)9/h1-4,6,9,13H,5,12H2,(H,14,15);4H,1-3,7H2,(H,11,12)(H4,8,9,10);4-5H,3,7H2,1-2H3,(H,8,9)/t9-;4-;5-/m000/s1. The maximum Gasteiger partial charge on any atom is 0.320 e. The van der Waals surface area contributed by atoms with Crippen molar-refractivity contribution < 1.29 is 29.7 Å². The largest absolute Gasteiger partial charge is 0.480 e. The summed E-state index contributed by atoms with van der Waals surface area (Å²) in [4.78, 5) is 37.7. The van der Waals surface area contributed by atoms with Crippen LogP contribution in [0.1, 0.15) is 38.7 Å². The number of H-pyrrole nitrogens is 1.